The van der Waals surface area contributed by atoms with Crippen LogP contribution in [0.4, 0.5) is 0 Å². The monoisotopic (exact) mass is 233 g/mol. The van der Waals surface area contributed by atoms with Crippen LogP contribution >= 0.6 is 0 Å². The van der Waals surface area contributed by atoms with Gasteiger partial charge in [-0.05, 0) is 25.0 Å². The number of carbonyl (C=O) groups excluding carboxylic acids is 1. The van der Waals surface area contributed by atoms with E-state index in [1.54, 1.807) is 6.20 Å². The van der Waals surface area contributed by atoms with Crippen molar-refractivity contribution < 1.29 is 4.79 Å². The molecule has 1 aromatic heterocycles. The number of aryl methyl sites for hydroxylation is 1. The summed E-state index contributed by atoms with van der Waals surface area (Å²) in [6.07, 6.45) is 4.21. The van der Waals surface area contributed by atoms with Crippen molar-refractivity contribution >= 4 is 5.91 Å². The minimum Gasteiger partial charge on any atom is -0.340 e. The number of piperazine rings is 1. The molecule has 4 heteroatoms. The number of hydrogen-bond acceptors (Lipinski definition) is 3. The third-order valence-corrected chi connectivity index (χ3v) is 3.02. The summed E-state index contributed by atoms with van der Waals surface area (Å²) in [6.45, 7) is 3.54. The highest BCUT2D eigenvalue weighted by Crippen LogP contribution is 2.04. The van der Waals surface area contributed by atoms with Crippen LogP contribution in [-0.2, 0) is 11.2 Å². The molecule has 0 saturated carbocycles. The van der Waals surface area contributed by atoms with Crippen LogP contribution < -0.4 is 5.32 Å². The summed E-state index contributed by atoms with van der Waals surface area (Å²) >= 11 is 0. The molecule has 0 aliphatic carbocycles. The molecule has 0 atom stereocenters. The zero-order chi connectivity index (χ0) is 11.9. The van der Waals surface area contributed by atoms with E-state index in [0.29, 0.717) is 6.42 Å². The molecular formula is C13H19N3O. The van der Waals surface area contributed by atoms with Gasteiger partial charge in [-0.2, -0.15) is 0 Å². The number of nitrogens with one attached hydrogen (secondary N) is 1. The normalized spacial score (nSPS) is 15.9. The maximum atomic E-state index is 11.9. The summed E-state index contributed by atoms with van der Waals surface area (Å²) in [5.41, 5.74) is 1.07. The number of nitrogens with zero attached hydrogens (tertiary/aromatic N) is 2. The number of aromatic nitrogens is 1. The van der Waals surface area contributed by atoms with Gasteiger partial charge in [0.25, 0.3) is 0 Å². The quantitative estimate of drug-likeness (QED) is 0.838. The van der Waals surface area contributed by atoms with Crippen molar-refractivity contribution in [2.75, 3.05) is 26.2 Å². The second kappa shape index (κ2) is 6.35. The fourth-order valence-electron chi connectivity index (χ4n) is 2.04. The van der Waals surface area contributed by atoms with Gasteiger partial charge in [0.05, 0.1) is 0 Å². The Morgan fingerprint density at radius 2 is 2.18 bits per heavy atom. The van der Waals surface area contributed by atoms with Gasteiger partial charge in [0.2, 0.25) is 5.91 Å². The molecule has 92 valence electrons. The van der Waals surface area contributed by atoms with Crippen molar-refractivity contribution in [2.24, 2.45) is 0 Å². The number of carbonyl (C=O) groups is 1. The molecule has 17 heavy (non-hydrogen) atoms. The molecular weight excluding hydrogens is 214 g/mol. The minimum absolute atomic E-state index is 0.280. The third kappa shape index (κ3) is 3.82. The van der Waals surface area contributed by atoms with Gasteiger partial charge in [-0.15, -0.1) is 0 Å². The minimum atomic E-state index is 0.280. The Hall–Kier alpha value is -1.42. The molecule has 1 aromatic rings. The molecule has 0 spiro atoms. The van der Waals surface area contributed by atoms with E-state index >= 15 is 0 Å². The van der Waals surface area contributed by atoms with E-state index in [9.17, 15) is 4.79 Å². The SMILES string of the molecule is O=C(CCCc1ccccn1)N1CCNCC1. The number of amides is 1. The summed E-state index contributed by atoms with van der Waals surface area (Å²) < 4.78 is 0. The number of hydrogen-bond donors (Lipinski definition) is 1. The van der Waals surface area contributed by atoms with Crippen LogP contribution in [0.5, 0.6) is 0 Å². The van der Waals surface area contributed by atoms with E-state index in [1.807, 2.05) is 23.1 Å². The van der Waals surface area contributed by atoms with Gasteiger partial charge in [0.15, 0.2) is 0 Å². The first-order chi connectivity index (χ1) is 8.36. The standard InChI is InChI=1S/C13H19N3O/c17-13(16-10-8-14-9-11-16)6-3-5-12-4-1-2-7-15-12/h1-2,4,7,14H,3,5-6,8-11H2. The maximum absolute atomic E-state index is 11.9. The van der Waals surface area contributed by atoms with Gasteiger partial charge in [-0.25, -0.2) is 0 Å². The van der Waals surface area contributed by atoms with E-state index in [1.165, 1.54) is 0 Å². The lowest BCUT2D eigenvalue weighted by Crippen LogP contribution is -2.46. The Bertz CT molecular complexity index is 347. The second-order valence-electron chi connectivity index (χ2n) is 4.31. The van der Waals surface area contributed by atoms with Crippen LogP contribution in [0.3, 0.4) is 0 Å². The maximum Gasteiger partial charge on any atom is 0.222 e. The molecule has 1 amide bonds. The predicted molar refractivity (Wildman–Crippen MR) is 66.6 cm³/mol. The first-order valence-electron chi connectivity index (χ1n) is 6.24. The zero-order valence-electron chi connectivity index (χ0n) is 10.1. The average molecular weight is 233 g/mol. The van der Waals surface area contributed by atoms with Crippen LogP contribution in [0.15, 0.2) is 24.4 Å². The lowest BCUT2D eigenvalue weighted by molar-refractivity contribution is -0.131. The zero-order valence-corrected chi connectivity index (χ0v) is 10.1. The van der Waals surface area contributed by atoms with Crippen molar-refractivity contribution in [2.45, 2.75) is 19.3 Å². The summed E-state index contributed by atoms with van der Waals surface area (Å²) in [7, 11) is 0. The van der Waals surface area contributed by atoms with E-state index in [0.717, 1.165) is 44.7 Å². The Labute approximate surface area is 102 Å². The van der Waals surface area contributed by atoms with Crippen molar-refractivity contribution in [1.29, 1.82) is 0 Å². The highest BCUT2D eigenvalue weighted by molar-refractivity contribution is 5.76. The third-order valence-electron chi connectivity index (χ3n) is 3.02. The van der Waals surface area contributed by atoms with Gasteiger partial charge >= 0.3 is 0 Å². The molecule has 2 heterocycles. The lowest BCUT2D eigenvalue weighted by atomic mass is 10.1. The van der Waals surface area contributed by atoms with E-state index in [2.05, 4.69) is 10.3 Å². The Kier molecular flexibility index (Phi) is 4.50. The van der Waals surface area contributed by atoms with E-state index in [-0.39, 0.29) is 5.91 Å². The first-order valence-corrected chi connectivity index (χ1v) is 6.24. The molecule has 1 saturated heterocycles. The van der Waals surface area contributed by atoms with Crippen molar-refractivity contribution in [1.82, 2.24) is 15.2 Å². The summed E-state index contributed by atoms with van der Waals surface area (Å²) in [6, 6.07) is 5.91. The van der Waals surface area contributed by atoms with Crippen LogP contribution in [0.2, 0.25) is 0 Å². The van der Waals surface area contributed by atoms with Crippen molar-refractivity contribution in [3.05, 3.63) is 30.1 Å². The molecule has 0 aromatic carbocycles. The van der Waals surface area contributed by atoms with Crippen molar-refractivity contribution in [3.63, 3.8) is 0 Å². The highest BCUT2D eigenvalue weighted by atomic mass is 16.2. The lowest BCUT2D eigenvalue weighted by Gasteiger charge is -2.27. The topological polar surface area (TPSA) is 45.2 Å². The van der Waals surface area contributed by atoms with Crippen LogP contribution in [-0.4, -0.2) is 42.0 Å². The number of pyridine rings is 1. The molecule has 1 aliphatic rings. The molecule has 1 fully saturated rings. The molecule has 2 rings (SSSR count). The molecule has 0 radical (unpaired) electrons. The number of rotatable bonds is 4. The Balaban J connectivity index is 1.69. The Morgan fingerprint density at radius 3 is 2.88 bits per heavy atom. The van der Waals surface area contributed by atoms with E-state index in [4.69, 9.17) is 0 Å². The molecule has 1 aliphatic heterocycles. The smallest absolute Gasteiger partial charge is 0.222 e. The molecule has 4 nitrogen and oxygen atoms in total. The molecule has 1 N–H and O–H groups in total. The summed E-state index contributed by atoms with van der Waals surface area (Å²) in [5.74, 6) is 0.280. The summed E-state index contributed by atoms with van der Waals surface area (Å²) in [5, 5.41) is 3.25. The van der Waals surface area contributed by atoms with Gasteiger partial charge < -0.3 is 10.2 Å². The van der Waals surface area contributed by atoms with E-state index < -0.39 is 0 Å². The fourth-order valence-corrected chi connectivity index (χ4v) is 2.04. The summed E-state index contributed by atoms with van der Waals surface area (Å²) in [4.78, 5) is 18.1. The predicted octanol–water partition coefficient (Wildman–Crippen LogP) is 0.836. The van der Waals surface area contributed by atoms with Crippen LogP contribution in [0.1, 0.15) is 18.5 Å². The Morgan fingerprint density at radius 1 is 1.35 bits per heavy atom. The average Bonchev–Trinajstić information content (AvgIpc) is 2.41. The van der Waals surface area contributed by atoms with Crippen LogP contribution in [0, 0.1) is 0 Å². The van der Waals surface area contributed by atoms with Gasteiger partial charge in [0.1, 0.15) is 0 Å². The van der Waals surface area contributed by atoms with Gasteiger partial charge in [-0.3, -0.25) is 9.78 Å². The van der Waals surface area contributed by atoms with Crippen molar-refractivity contribution in [3.8, 4) is 0 Å². The van der Waals surface area contributed by atoms with Gasteiger partial charge in [-0.1, -0.05) is 6.07 Å². The molecule has 0 unspecified atom stereocenters. The molecule has 0 bridgehead atoms. The fraction of sp³-hybridized carbons (Fsp3) is 0.538. The highest BCUT2D eigenvalue weighted by Gasteiger charge is 2.15. The largest absolute Gasteiger partial charge is 0.340 e. The van der Waals surface area contributed by atoms with Gasteiger partial charge in [0, 0.05) is 44.5 Å². The van der Waals surface area contributed by atoms with Crippen LogP contribution in [0.25, 0.3) is 0 Å². The first kappa shape index (κ1) is 12.0. The second-order valence-corrected chi connectivity index (χ2v) is 4.31.